The number of likely N-dealkylation sites (tertiary alicyclic amines) is 1. The van der Waals surface area contributed by atoms with E-state index in [4.69, 9.17) is 16.3 Å². The third-order valence-corrected chi connectivity index (χ3v) is 7.90. The fourth-order valence-corrected chi connectivity index (χ4v) is 5.79. The van der Waals surface area contributed by atoms with E-state index >= 15 is 0 Å². The SMILES string of the molecule is COC(=O)Nc1ccc(C(=O)N[C@@H](Cc2ccccc2)C(=O)N2CCC3(C2)OC(=O)Nc2ccc(Cl)cc23)s1.S. The highest BCUT2D eigenvalue weighted by atomic mass is 35.5. The number of nitrogens with zero attached hydrogens (tertiary/aromatic N) is 1. The van der Waals surface area contributed by atoms with Crippen LogP contribution in [0.5, 0.6) is 0 Å². The van der Waals surface area contributed by atoms with E-state index in [0.29, 0.717) is 39.1 Å². The van der Waals surface area contributed by atoms with Gasteiger partial charge in [-0.3, -0.25) is 20.2 Å². The number of nitrogens with one attached hydrogen (secondary N) is 3. The molecule has 3 aromatic rings. The molecular weight excluding hydrogens is 576 g/mol. The molecule has 2 aliphatic rings. The number of thiophene rings is 1. The number of carbonyl (C=O) groups is 4. The summed E-state index contributed by atoms with van der Waals surface area (Å²) in [5, 5.41) is 9.00. The standard InChI is InChI=1S/C27H25ClN4O6S.H2S/c1-37-25(35)31-22-10-9-21(39-22)23(33)29-20(13-16-5-3-2-4-6-16)24(34)32-12-11-27(15-32)18-14-17(28)7-8-19(18)30-26(36)38-27;/h2-10,14,20H,11-13,15H2,1H3,(H,29,33)(H,30,36)(H,31,35);1H2/t20-,27?;/m0./s1. The maximum Gasteiger partial charge on any atom is 0.412 e. The summed E-state index contributed by atoms with van der Waals surface area (Å²) in [6, 6.07) is 16.8. The van der Waals surface area contributed by atoms with Gasteiger partial charge in [0.2, 0.25) is 5.91 Å². The van der Waals surface area contributed by atoms with Crippen LogP contribution in [0.2, 0.25) is 5.02 Å². The molecule has 0 saturated carbocycles. The molecule has 210 valence electrons. The molecule has 3 heterocycles. The average molecular weight is 603 g/mol. The van der Waals surface area contributed by atoms with E-state index in [-0.39, 0.29) is 32.4 Å². The molecule has 1 spiro atoms. The van der Waals surface area contributed by atoms with Crippen LogP contribution >= 0.6 is 36.4 Å². The van der Waals surface area contributed by atoms with Gasteiger partial charge in [-0.25, -0.2) is 9.59 Å². The van der Waals surface area contributed by atoms with Crippen LogP contribution in [0.1, 0.15) is 27.2 Å². The maximum absolute atomic E-state index is 13.9. The lowest BCUT2D eigenvalue weighted by atomic mass is 9.90. The summed E-state index contributed by atoms with van der Waals surface area (Å²) in [5.74, 6) is -0.752. The van der Waals surface area contributed by atoms with Crippen LogP contribution < -0.4 is 16.0 Å². The van der Waals surface area contributed by atoms with Gasteiger partial charge in [-0.1, -0.05) is 41.9 Å². The topological polar surface area (TPSA) is 126 Å². The third-order valence-electron chi connectivity index (χ3n) is 6.67. The number of benzene rings is 2. The molecule has 1 fully saturated rings. The average Bonchev–Trinajstić information content (AvgIpc) is 3.57. The molecule has 0 bridgehead atoms. The van der Waals surface area contributed by atoms with Gasteiger partial charge in [0.05, 0.1) is 29.2 Å². The number of methoxy groups -OCH3 is 1. The van der Waals surface area contributed by atoms with Crippen LogP contribution in [0.15, 0.2) is 60.7 Å². The van der Waals surface area contributed by atoms with Crippen LogP contribution in [0.4, 0.5) is 20.3 Å². The van der Waals surface area contributed by atoms with Gasteiger partial charge in [0, 0.05) is 30.0 Å². The fraction of sp³-hybridized carbons (Fsp3) is 0.259. The summed E-state index contributed by atoms with van der Waals surface area (Å²) in [4.78, 5) is 52.8. The summed E-state index contributed by atoms with van der Waals surface area (Å²) >= 11 is 7.30. The largest absolute Gasteiger partial charge is 0.453 e. The molecule has 13 heteroatoms. The minimum Gasteiger partial charge on any atom is -0.453 e. The summed E-state index contributed by atoms with van der Waals surface area (Å²) in [6.07, 6.45) is -0.594. The number of halogens is 1. The highest BCUT2D eigenvalue weighted by Gasteiger charge is 2.49. The van der Waals surface area contributed by atoms with E-state index in [1.54, 1.807) is 35.2 Å². The van der Waals surface area contributed by atoms with E-state index in [2.05, 4.69) is 20.7 Å². The smallest absolute Gasteiger partial charge is 0.412 e. The van der Waals surface area contributed by atoms with Crippen LogP contribution in [-0.4, -0.2) is 55.1 Å². The number of hydrogen-bond acceptors (Lipinski definition) is 7. The normalized spacial score (nSPS) is 18.1. The molecule has 1 unspecified atom stereocenters. The number of carbonyl (C=O) groups excluding carboxylic acids is 4. The maximum atomic E-state index is 13.9. The predicted molar refractivity (Wildman–Crippen MR) is 157 cm³/mol. The van der Waals surface area contributed by atoms with Gasteiger partial charge in [-0.05, 0) is 35.9 Å². The lowest BCUT2D eigenvalue weighted by molar-refractivity contribution is -0.133. The molecular formula is C27H27ClN4O6S2. The number of amides is 4. The van der Waals surface area contributed by atoms with Crippen molar-refractivity contribution >= 4 is 71.1 Å². The van der Waals surface area contributed by atoms with E-state index in [1.807, 2.05) is 30.3 Å². The second kappa shape index (κ2) is 12.2. The van der Waals surface area contributed by atoms with E-state index in [0.717, 1.165) is 16.9 Å². The Labute approximate surface area is 246 Å². The third kappa shape index (κ3) is 6.19. The lowest BCUT2D eigenvalue weighted by Crippen LogP contribution is -2.50. The summed E-state index contributed by atoms with van der Waals surface area (Å²) in [7, 11) is 1.25. The quantitative estimate of drug-likeness (QED) is 0.375. The van der Waals surface area contributed by atoms with Gasteiger partial charge in [0.15, 0.2) is 5.60 Å². The molecule has 2 aliphatic heterocycles. The molecule has 0 radical (unpaired) electrons. The molecule has 5 rings (SSSR count). The highest BCUT2D eigenvalue weighted by Crippen LogP contribution is 2.44. The van der Waals surface area contributed by atoms with Gasteiger partial charge in [0.1, 0.15) is 6.04 Å². The first-order valence-electron chi connectivity index (χ1n) is 12.1. The molecule has 10 nitrogen and oxygen atoms in total. The molecule has 2 atom stereocenters. The Morgan fingerprint density at radius 1 is 1.18 bits per heavy atom. The van der Waals surface area contributed by atoms with Gasteiger partial charge in [-0.15, -0.1) is 11.3 Å². The molecule has 2 aromatic carbocycles. The first kappa shape index (κ1) is 29.2. The Balaban J connectivity index is 0.00000370. The van der Waals surface area contributed by atoms with Crippen molar-refractivity contribution in [3.8, 4) is 0 Å². The summed E-state index contributed by atoms with van der Waals surface area (Å²) in [6.45, 7) is 0.450. The van der Waals surface area contributed by atoms with Gasteiger partial charge < -0.3 is 19.7 Å². The Bertz CT molecular complexity index is 1440. The number of hydrogen-bond donors (Lipinski definition) is 3. The monoisotopic (exact) mass is 602 g/mol. The zero-order valence-corrected chi connectivity index (χ0v) is 23.9. The van der Waals surface area contributed by atoms with Crippen LogP contribution in [0.25, 0.3) is 0 Å². The van der Waals surface area contributed by atoms with E-state index < -0.39 is 29.7 Å². The summed E-state index contributed by atoms with van der Waals surface area (Å²) in [5.41, 5.74) is 1.13. The van der Waals surface area contributed by atoms with Crippen molar-refractivity contribution in [3.63, 3.8) is 0 Å². The second-order valence-electron chi connectivity index (χ2n) is 9.20. The molecule has 1 aromatic heterocycles. The van der Waals surface area contributed by atoms with E-state index in [1.165, 1.54) is 7.11 Å². The Kier molecular flexibility index (Phi) is 8.92. The van der Waals surface area contributed by atoms with Crippen molar-refractivity contribution in [3.05, 3.63) is 81.7 Å². The van der Waals surface area contributed by atoms with Gasteiger partial charge in [-0.2, -0.15) is 13.5 Å². The zero-order chi connectivity index (χ0) is 27.6. The molecule has 4 amide bonds. The van der Waals surface area contributed by atoms with Crippen LogP contribution in [0.3, 0.4) is 0 Å². The number of anilines is 2. The molecule has 1 saturated heterocycles. The highest BCUT2D eigenvalue weighted by molar-refractivity contribution is 7.59. The van der Waals surface area contributed by atoms with Crippen molar-refractivity contribution in [2.24, 2.45) is 0 Å². The van der Waals surface area contributed by atoms with Crippen molar-refractivity contribution in [2.75, 3.05) is 30.8 Å². The summed E-state index contributed by atoms with van der Waals surface area (Å²) < 4.78 is 10.3. The number of rotatable bonds is 6. The molecule has 40 heavy (non-hydrogen) atoms. The Hall–Kier alpha value is -3.74. The van der Waals surface area contributed by atoms with Crippen LogP contribution in [0, 0.1) is 0 Å². The zero-order valence-electron chi connectivity index (χ0n) is 21.4. The fourth-order valence-electron chi connectivity index (χ4n) is 4.82. The van der Waals surface area contributed by atoms with Gasteiger partial charge >= 0.3 is 12.2 Å². The van der Waals surface area contributed by atoms with Crippen LogP contribution in [-0.2, 0) is 26.3 Å². The Morgan fingerprint density at radius 2 is 1.95 bits per heavy atom. The van der Waals surface area contributed by atoms with Crippen molar-refractivity contribution in [2.45, 2.75) is 24.5 Å². The first-order valence-corrected chi connectivity index (χ1v) is 13.3. The minimum atomic E-state index is -1.04. The second-order valence-corrected chi connectivity index (χ2v) is 10.7. The Morgan fingerprint density at radius 3 is 2.70 bits per heavy atom. The first-order chi connectivity index (χ1) is 18.8. The molecule has 3 N–H and O–H groups in total. The molecule has 0 aliphatic carbocycles. The van der Waals surface area contributed by atoms with Crippen molar-refractivity contribution in [1.29, 1.82) is 0 Å². The van der Waals surface area contributed by atoms with E-state index in [9.17, 15) is 19.2 Å². The van der Waals surface area contributed by atoms with Gasteiger partial charge in [0.25, 0.3) is 5.91 Å². The number of ether oxygens (including phenoxy) is 2. The lowest BCUT2D eigenvalue weighted by Gasteiger charge is -2.35. The number of fused-ring (bicyclic) bond motifs is 2. The van der Waals surface area contributed by atoms with Crippen molar-refractivity contribution < 1.29 is 28.7 Å². The minimum absolute atomic E-state index is 0. The van der Waals surface area contributed by atoms with Crippen molar-refractivity contribution in [1.82, 2.24) is 10.2 Å². The predicted octanol–water partition coefficient (Wildman–Crippen LogP) is 4.72.